The van der Waals surface area contributed by atoms with Crippen LogP contribution in [0.15, 0.2) is 0 Å². The Morgan fingerprint density at radius 2 is 1.94 bits per heavy atom. The molecule has 0 aromatic carbocycles. The summed E-state index contributed by atoms with van der Waals surface area (Å²) in [4.78, 5) is 25.7. The summed E-state index contributed by atoms with van der Waals surface area (Å²) in [5, 5.41) is 0. The zero-order valence-corrected chi connectivity index (χ0v) is 19.4. The maximum absolute atomic E-state index is 14.0. The third kappa shape index (κ3) is 2.35. The molecule has 6 heteroatoms. The van der Waals surface area contributed by atoms with Gasteiger partial charge in [0, 0.05) is 29.6 Å². The second-order valence-electron chi connectivity index (χ2n) is 12.2. The van der Waals surface area contributed by atoms with Crippen molar-refractivity contribution in [3.05, 3.63) is 0 Å². The molecule has 4 saturated carbocycles. The fourth-order valence-corrected chi connectivity index (χ4v) is 9.40. The summed E-state index contributed by atoms with van der Waals surface area (Å²) in [5.41, 5.74) is -0.782. The summed E-state index contributed by atoms with van der Waals surface area (Å²) < 4.78 is 25.4. The van der Waals surface area contributed by atoms with Crippen molar-refractivity contribution in [2.75, 3.05) is 13.2 Å². The van der Waals surface area contributed by atoms with Gasteiger partial charge in [0.25, 0.3) is 0 Å². The Morgan fingerprint density at radius 3 is 2.68 bits per heavy atom. The molecule has 172 valence electrons. The minimum absolute atomic E-state index is 0.0104. The van der Waals surface area contributed by atoms with Crippen LogP contribution in [-0.4, -0.2) is 49.1 Å². The summed E-state index contributed by atoms with van der Waals surface area (Å²) in [6, 6.07) is 0. The maximum Gasteiger partial charge on any atom is 0.302 e. The first-order chi connectivity index (χ1) is 14.6. The highest BCUT2D eigenvalue weighted by atomic mass is 16.7. The second kappa shape index (κ2) is 6.12. The van der Waals surface area contributed by atoms with E-state index in [0.29, 0.717) is 24.9 Å². The number of hydrogen-bond acceptors (Lipinski definition) is 6. The quantitative estimate of drug-likeness (QED) is 0.622. The number of carbonyl (C=O) groups excluding carboxylic acids is 2. The molecule has 0 amide bonds. The number of hydrogen-bond donors (Lipinski definition) is 0. The Hall–Kier alpha value is -0.980. The van der Waals surface area contributed by atoms with E-state index in [1.165, 1.54) is 6.92 Å². The summed E-state index contributed by atoms with van der Waals surface area (Å²) in [5.74, 6) is 0.0628. The number of rotatable bonds is 2. The molecule has 2 bridgehead atoms. The van der Waals surface area contributed by atoms with Gasteiger partial charge in [-0.2, -0.15) is 0 Å². The lowest BCUT2D eigenvalue weighted by Crippen LogP contribution is -2.73. The van der Waals surface area contributed by atoms with Crippen LogP contribution in [0.4, 0.5) is 0 Å². The van der Waals surface area contributed by atoms with Crippen LogP contribution in [0, 0.1) is 39.9 Å². The zero-order valence-electron chi connectivity index (χ0n) is 19.4. The molecule has 2 heterocycles. The van der Waals surface area contributed by atoms with E-state index in [1.807, 2.05) is 13.8 Å². The Morgan fingerprint density at radius 1 is 1.16 bits per heavy atom. The van der Waals surface area contributed by atoms with Gasteiger partial charge in [-0.1, -0.05) is 20.3 Å². The minimum Gasteiger partial charge on any atom is -0.465 e. The van der Waals surface area contributed by atoms with Crippen molar-refractivity contribution in [2.45, 2.75) is 90.8 Å². The maximum atomic E-state index is 14.0. The van der Waals surface area contributed by atoms with Crippen molar-refractivity contribution < 1.29 is 28.5 Å². The van der Waals surface area contributed by atoms with Gasteiger partial charge in [-0.15, -0.1) is 0 Å². The molecule has 0 unspecified atom stereocenters. The van der Waals surface area contributed by atoms with Crippen molar-refractivity contribution in [1.29, 1.82) is 0 Å². The van der Waals surface area contributed by atoms with Crippen LogP contribution in [0.2, 0.25) is 0 Å². The van der Waals surface area contributed by atoms with Crippen LogP contribution in [0.1, 0.15) is 66.7 Å². The zero-order chi connectivity index (χ0) is 22.0. The van der Waals surface area contributed by atoms with Crippen molar-refractivity contribution in [3.63, 3.8) is 0 Å². The summed E-state index contributed by atoms with van der Waals surface area (Å²) in [6.07, 6.45) is 4.76. The molecule has 4 aliphatic carbocycles. The van der Waals surface area contributed by atoms with Gasteiger partial charge in [0.15, 0.2) is 5.79 Å². The first-order valence-corrected chi connectivity index (χ1v) is 12.2. The van der Waals surface area contributed by atoms with Crippen molar-refractivity contribution in [3.8, 4) is 0 Å². The molecular weight excluding hydrogens is 396 g/mol. The second-order valence-corrected chi connectivity index (χ2v) is 12.2. The third-order valence-electron chi connectivity index (χ3n) is 10.3. The number of esters is 1. The molecule has 6 aliphatic rings. The van der Waals surface area contributed by atoms with Gasteiger partial charge in [0.05, 0.1) is 36.9 Å². The molecule has 31 heavy (non-hydrogen) atoms. The van der Waals surface area contributed by atoms with Gasteiger partial charge in [0.2, 0.25) is 0 Å². The van der Waals surface area contributed by atoms with Crippen molar-refractivity contribution in [2.24, 2.45) is 39.9 Å². The lowest BCUT2D eigenvalue weighted by molar-refractivity contribution is -0.380. The predicted octanol–water partition coefficient (Wildman–Crippen LogP) is 3.51. The number of carbonyl (C=O) groups is 2. The summed E-state index contributed by atoms with van der Waals surface area (Å²) in [6.45, 7) is 11.0. The highest BCUT2D eigenvalue weighted by Crippen LogP contribution is 2.76. The predicted molar refractivity (Wildman–Crippen MR) is 111 cm³/mol. The van der Waals surface area contributed by atoms with E-state index in [0.717, 1.165) is 32.1 Å². The Bertz CT molecular complexity index is 838. The SMILES string of the molecule is CC(=O)OC[C@]1(C)CCC[C@]23CO[C@H]4C[C@@H]5[C@H]6OC(C)(C)O[C@H](C[C@H]12)[C@]6(C(=O)[C@@H]5C)[C@@H]43. The fourth-order valence-electron chi connectivity index (χ4n) is 9.40. The van der Waals surface area contributed by atoms with Gasteiger partial charge in [0.1, 0.15) is 5.78 Å². The summed E-state index contributed by atoms with van der Waals surface area (Å²) in [7, 11) is 0. The molecule has 0 aromatic heterocycles. The standard InChI is InChI=1S/C25H36O6/c1-13-15-9-16-19-24(12-29-16)8-6-7-23(5,11-28-14(2)26)17(24)10-18-25(19,20(13)27)21(15)31-22(3,4)30-18/h13,15-19,21H,6-12H2,1-5H3/t13-,15+,16+,17-,18-,19+,21-,23+,24+,25-/m1/s1. The highest BCUT2D eigenvalue weighted by Gasteiger charge is 2.82. The van der Waals surface area contributed by atoms with Gasteiger partial charge in [-0.05, 0) is 51.4 Å². The molecule has 6 nitrogen and oxygen atoms in total. The van der Waals surface area contributed by atoms with E-state index in [9.17, 15) is 9.59 Å². The average molecular weight is 433 g/mol. The summed E-state index contributed by atoms with van der Waals surface area (Å²) >= 11 is 0. The molecule has 10 atom stereocenters. The molecule has 2 spiro atoms. The highest BCUT2D eigenvalue weighted by molar-refractivity contribution is 5.92. The number of ketones is 1. The van der Waals surface area contributed by atoms with Gasteiger partial charge in [-0.25, -0.2) is 0 Å². The van der Waals surface area contributed by atoms with E-state index in [4.69, 9.17) is 18.9 Å². The molecule has 0 N–H and O–H groups in total. The monoisotopic (exact) mass is 432 g/mol. The van der Waals surface area contributed by atoms with Crippen LogP contribution in [0.3, 0.4) is 0 Å². The first kappa shape index (κ1) is 20.6. The molecule has 0 aromatic rings. The Kier molecular flexibility index (Phi) is 4.07. The van der Waals surface area contributed by atoms with Crippen molar-refractivity contribution >= 4 is 11.8 Å². The van der Waals surface area contributed by atoms with E-state index in [1.54, 1.807) is 0 Å². The topological polar surface area (TPSA) is 71.1 Å². The Labute approximate surface area is 184 Å². The lowest BCUT2D eigenvalue weighted by Gasteiger charge is -2.67. The molecule has 0 radical (unpaired) electrons. The van der Waals surface area contributed by atoms with Crippen LogP contribution in [0.5, 0.6) is 0 Å². The van der Waals surface area contributed by atoms with Crippen LogP contribution >= 0.6 is 0 Å². The molecular formula is C25H36O6. The molecule has 2 aliphatic heterocycles. The largest absolute Gasteiger partial charge is 0.465 e. The fraction of sp³-hybridized carbons (Fsp3) is 0.920. The van der Waals surface area contributed by atoms with Crippen molar-refractivity contribution in [1.82, 2.24) is 0 Å². The van der Waals surface area contributed by atoms with E-state index >= 15 is 0 Å². The van der Waals surface area contributed by atoms with E-state index in [-0.39, 0.29) is 52.9 Å². The number of Topliss-reactive ketones (excluding diaryl/α,β-unsaturated/α-hetero) is 1. The Balaban J connectivity index is 1.50. The third-order valence-corrected chi connectivity index (χ3v) is 10.3. The van der Waals surface area contributed by atoms with Gasteiger partial charge >= 0.3 is 5.97 Å². The first-order valence-electron chi connectivity index (χ1n) is 12.2. The lowest BCUT2D eigenvalue weighted by atomic mass is 9.39. The van der Waals surface area contributed by atoms with E-state index < -0.39 is 11.2 Å². The van der Waals surface area contributed by atoms with Crippen LogP contribution < -0.4 is 0 Å². The average Bonchev–Trinajstić information content (AvgIpc) is 3.12. The van der Waals surface area contributed by atoms with E-state index in [2.05, 4.69) is 13.8 Å². The number of ether oxygens (including phenoxy) is 4. The normalized spacial score (nSPS) is 56.0. The smallest absolute Gasteiger partial charge is 0.302 e. The van der Waals surface area contributed by atoms with Crippen LogP contribution in [0.25, 0.3) is 0 Å². The van der Waals surface area contributed by atoms with Gasteiger partial charge in [-0.3, -0.25) is 9.59 Å². The molecule has 2 saturated heterocycles. The van der Waals surface area contributed by atoms with Crippen LogP contribution in [-0.2, 0) is 28.5 Å². The minimum atomic E-state index is -0.700. The van der Waals surface area contributed by atoms with Gasteiger partial charge < -0.3 is 18.9 Å². The molecule has 6 fully saturated rings. The molecule has 6 rings (SSSR count).